The number of halogens is 1. The second-order valence-corrected chi connectivity index (χ2v) is 26.2. The molecule has 0 spiro atoms. The molecule has 0 aliphatic heterocycles. The molecule has 11 heterocycles. The van der Waals surface area contributed by atoms with Gasteiger partial charge < -0.3 is 56.8 Å². The van der Waals surface area contributed by atoms with E-state index in [0.29, 0.717) is 22.8 Å². The second-order valence-electron chi connectivity index (χ2n) is 26.2. The molecule has 113 heavy (non-hydrogen) atoms. The summed E-state index contributed by atoms with van der Waals surface area (Å²) in [6.07, 6.45) is 8.74. The molecule has 17 nitrogen and oxygen atoms in total. The molecular formula is C92H71FIr3N5O12-3. The average Bonchev–Trinajstić information content (AvgIpc) is 1.62. The van der Waals surface area contributed by atoms with Crippen molar-refractivity contribution in [3.63, 3.8) is 0 Å². The fourth-order valence-corrected chi connectivity index (χ4v) is 12.6. The first kappa shape index (κ1) is 83.3. The second kappa shape index (κ2) is 36.8. The van der Waals surface area contributed by atoms with Gasteiger partial charge in [-0.15, -0.1) is 54.6 Å². The van der Waals surface area contributed by atoms with E-state index in [2.05, 4.69) is 87.3 Å². The number of aliphatic hydroxyl groups is 3. The monoisotopic (exact) mass is 2040 g/mol. The topological polar surface area (TPSA) is 255 Å². The van der Waals surface area contributed by atoms with E-state index in [4.69, 9.17) is 41.8 Å². The number of furan rings is 6. The maximum absolute atomic E-state index is 13.2. The zero-order chi connectivity index (χ0) is 77.4. The average molecular weight is 2030 g/mol. The first-order valence-electron chi connectivity index (χ1n) is 34.9. The molecule has 0 saturated carbocycles. The van der Waals surface area contributed by atoms with Crippen LogP contribution in [0.4, 0.5) is 4.39 Å². The fourth-order valence-electron chi connectivity index (χ4n) is 12.6. The minimum absolute atomic E-state index is 0. The summed E-state index contributed by atoms with van der Waals surface area (Å²) in [6.45, 7) is 16.7. The summed E-state index contributed by atoms with van der Waals surface area (Å²) in [4.78, 5) is 53.0. The van der Waals surface area contributed by atoms with Gasteiger partial charge in [0.25, 0.3) is 0 Å². The van der Waals surface area contributed by atoms with Crippen molar-refractivity contribution in [1.82, 2.24) is 24.9 Å². The molecule has 0 fully saturated rings. The molecule has 0 unspecified atom stereocenters. The Morgan fingerprint density at radius 3 is 1.15 bits per heavy atom. The van der Waals surface area contributed by atoms with Gasteiger partial charge in [0.1, 0.15) is 28.7 Å². The van der Waals surface area contributed by atoms with Crippen molar-refractivity contribution >= 4 is 116 Å². The molecule has 7 aromatic carbocycles. The van der Waals surface area contributed by atoms with Gasteiger partial charge in [-0.3, -0.25) is 14.4 Å². The van der Waals surface area contributed by atoms with E-state index in [0.717, 1.165) is 155 Å². The molecular weight excluding hydrogens is 1960 g/mol. The van der Waals surface area contributed by atoms with Crippen LogP contribution in [0.25, 0.3) is 167 Å². The number of benzene rings is 7. The van der Waals surface area contributed by atoms with Crippen LogP contribution < -0.4 is 0 Å². The molecule has 573 valence electrons. The van der Waals surface area contributed by atoms with Crippen molar-refractivity contribution < 1.29 is 121 Å². The van der Waals surface area contributed by atoms with E-state index in [9.17, 15) is 18.8 Å². The van der Waals surface area contributed by atoms with Crippen LogP contribution in [0.5, 0.6) is 0 Å². The van der Waals surface area contributed by atoms with Crippen LogP contribution in [0, 0.1) is 51.7 Å². The van der Waals surface area contributed by atoms with Gasteiger partial charge in [0.2, 0.25) is 11.4 Å². The number of hydrogen-bond donors (Lipinski definition) is 3. The van der Waals surface area contributed by atoms with Crippen LogP contribution in [0.3, 0.4) is 0 Å². The predicted molar refractivity (Wildman–Crippen MR) is 429 cm³/mol. The Hall–Kier alpha value is -12.2. The van der Waals surface area contributed by atoms with Crippen LogP contribution in [0.1, 0.15) is 64.1 Å². The molecule has 0 atom stereocenters. The first-order valence-corrected chi connectivity index (χ1v) is 34.9. The molecule has 18 rings (SSSR count). The predicted octanol–water partition coefficient (Wildman–Crippen LogP) is 23.9. The molecule has 18 aromatic rings. The number of para-hydroxylation sites is 1. The number of aliphatic hydroxyl groups excluding tert-OH is 3. The SMILES string of the molecule is CC(=O)C=C(C)O.CC(=O)C=C(C)O.CC(=O)C=C(C)O.Cc1ccc2c(n1)oc1c(-c3cc4cc(-c5c(C)cccc5C)oc4cn3)[c-]ccc12.Cc1ccc2c(n1)oc1c(-c3cc4cc(-c5ccccc5)oc4cn3)[c-]ccc12.Fc1ccc(-c2cc3cc(-c4[c-]ccc5c4oc4ccccc45)ncc3o2)cc1.[Ir].[Ir].[Ir]. The minimum atomic E-state index is -0.275. The third kappa shape index (κ3) is 19.4. The van der Waals surface area contributed by atoms with E-state index >= 15 is 0 Å². The van der Waals surface area contributed by atoms with Gasteiger partial charge in [0, 0.05) is 139 Å². The first-order chi connectivity index (χ1) is 53.0. The summed E-state index contributed by atoms with van der Waals surface area (Å²) in [5.41, 5.74) is 18.6. The number of hydrogen-bond acceptors (Lipinski definition) is 17. The Bertz CT molecular complexity index is 6530. The number of fused-ring (bicyclic) bond motifs is 12. The Labute approximate surface area is 688 Å². The Morgan fingerprint density at radius 2 is 0.743 bits per heavy atom. The van der Waals surface area contributed by atoms with Gasteiger partial charge in [-0.2, -0.15) is 0 Å². The molecule has 3 radical (unpaired) electrons. The van der Waals surface area contributed by atoms with E-state index < -0.39 is 0 Å². The molecule has 0 saturated heterocycles. The van der Waals surface area contributed by atoms with Crippen LogP contribution >= 0.6 is 0 Å². The number of carbonyl (C=O) groups is 3. The molecule has 0 amide bonds. The molecule has 0 aliphatic carbocycles. The van der Waals surface area contributed by atoms with Gasteiger partial charge >= 0.3 is 0 Å². The Morgan fingerprint density at radius 1 is 0.372 bits per heavy atom. The third-order valence-electron chi connectivity index (χ3n) is 17.3. The van der Waals surface area contributed by atoms with E-state index in [1.165, 1.54) is 83.0 Å². The maximum atomic E-state index is 13.2. The maximum Gasteiger partial charge on any atom is 0.216 e. The van der Waals surface area contributed by atoms with Crippen LogP contribution in [-0.2, 0) is 74.7 Å². The number of nitrogens with zero attached hydrogens (tertiary/aromatic N) is 5. The largest absolute Gasteiger partial charge is 0.512 e. The number of aromatic nitrogens is 5. The van der Waals surface area contributed by atoms with E-state index in [1.54, 1.807) is 30.7 Å². The summed E-state index contributed by atoms with van der Waals surface area (Å²) in [5, 5.41) is 34.1. The van der Waals surface area contributed by atoms with Crippen molar-refractivity contribution in [2.24, 2.45) is 0 Å². The summed E-state index contributed by atoms with van der Waals surface area (Å²) in [5.74, 6) is 1.89. The van der Waals surface area contributed by atoms with Gasteiger partial charge in [0.15, 0.2) is 34.1 Å². The molecule has 11 aromatic heterocycles. The van der Waals surface area contributed by atoms with Crippen LogP contribution in [-0.4, -0.2) is 57.6 Å². The molecule has 0 aliphatic rings. The number of ketones is 3. The number of pyridine rings is 5. The number of carbonyl (C=O) groups excluding carboxylic acids is 3. The standard InChI is InChI=1S/C27H19N2O2.C25H13FNO2.C25H15N2O2.3C5H8O2.3Ir/c1-15-6-4-7-16(2)25(15)23-13-18-12-22(28-14-24(18)30-23)21-9-5-8-19-20-11-10-17(3)29-27(20)31-26(19)21;26-17-10-8-15(9-11-17)23-13-16-12-21(27-14-24(16)28-23)20-6-3-5-19-18-4-1-2-7-22(18)29-25(19)20;1-15-10-11-19-18-8-5-9-20(24(18)29-25(19)27-15)21-12-17-13-22(28-23(17)14-26-21)16-6-3-2-4-7-16;3*1-4(6)3-5(2)7;;;/h4-8,10-14H,1-3H3;1-5,7-14H;2-8,10-14H,1H3;3*3,6H,1-2H3;;;/q3*-1;;;;;;. The Kier molecular flexibility index (Phi) is 27.1. The zero-order valence-electron chi connectivity index (χ0n) is 62.6. The number of aryl methyl sites for hydroxylation is 4. The molecule has 0 bridgehead atoms. The summed E-state index contributed by atoms with van der Waals surface area (Å²) in [6, 6.07) is 72.3. The van der Waals surface area contributed by atoms with Crippen LogP contribution in [0.15, 0.2) is 275 Å². The fraction of sp³-hybridized carbons (Fsp3) is 0.109. The normalized spacial score (nSPS) is 11.3. The zero-order valence-corrected chi connectivity index (χ0v) is 69.8. The number of allylic oxidation sites excluding steroid dienone is 6. The quantitative estimate of drug-likeness (QED) is 0.0689. The third-order valence-corrected chi connectivity index (χ3v) is 17.3. The summed E-state index contributed by atoms with van der Waals surface area (Å²) in [7, 11) is 0. The molecule has 3 N–H and O–H groups in total. The van der Waals surface area contributed by atoms with E-state index in [1.807, 2.05) is 153 Å². The summed E-state index contributed by atoms with van der Waals surface area (Å²) < 4.78 is 49.6. The Balaban J connectivity index is 0.000000157. The van der Waals surface area contributed by atoms with Crippen molar-refractivity contribution in [3.8, 4) is 67.7 Å². The van der Waals surface area contributed by atoms with E-state index in [-0.39, 0.29) is 101 Å². The number of rotatable bonds is 9. The van der Waals surface area contributed by atoms with Crippen molar-refractivity contribution in [1.29, 1.82) is 0 Å². The molecule has 21 heteroatoms. The van der Waals surface area contributed by atoms with Gasteiger partial charge in [-0.1, -0.05) is 118 Å². The summed E-state index contributed by atoms with van der Waals surface area (Å²) >= 11 is 0. The van der Waals surface area contributed by atoms with Gasteiger partial charge in [-0.05, 0) is 170 Å². The minimum Gasteiger partial charge on any atom is -0.512 e. The smallest absolute Gasteiger partial charge is 0.216 e. The van der Waals surface area contributed by atoms with Crippen molar-refractivity contribution in [3.05, 3.63) is 295 Å². The van der Waals surface area contributed by atoms with Crippen molar-refractivity contribution in [2.45, 2.75) is 69.2 Å². The van der Waals surface area contributed by atoms with Gasteiger partial charge in [0.05, 0.1) is 52.6 Å². The van der Waals surface area contributed by atoms with Crippen LogP contribution in [0.2, 0.25) is 0 Å². The van der Waals surface area contributed by atoms with Gasteiger partial charge in [-0.25, -0.2) is 14.4 Å². The van der Waals surface area contributed by atoms with Crippen molar-refractivity contribution in [2.75, 3.05) is 0 Å².